The molecule has 2 aromatic rings. The number of methoxy groups -OCH3 is 1. The maximum atomic E-state index is 12.3. The van der Waals surface area contributed by atoms with Crippen molar-refractivity contribution in [3.05, 3.63) is 41.6 Å². The summed E-state index contributed by atoms with van der Waals surface area (Å²) in [5.74, 6) is 1.07. The molecule has 1 aliphatic heterocycles. The first-order chi connectivity index (χ1) is 11.7. The molecule has 0 aliphatic carbocycles. The van der Waals surface area contributed by atoms with Crippen LogP contribution in [0.2, 0.25) is 0 Å². The molecule has 24 heavy (non-hydrogen) atoms. The Balaban J connectivity index is 1.66. The molecule has 0 bridgehead atoms. The minimum absolute atomic E-state index is 0.0914. The van der Waals surface area contributed by atoms with Gasteiger partial charge in [0.1, 0.15) is 10.8 Å². The van der Waals surface area contributed by atoms with Crippen LogP contribution in [0.15, 0.2) is 30.3 Å². The van der Waals surface area contributed by atoms with Crippen LogP contribution < -0.4 is 20.7 Å². The summed E-state index contributed by atoms with van der Waals surface area (Å²) in [6.07, 6.45) is 0.895. The van der Waals surface area contributed by atoms with Crippen molar-refractivity contribution in [1.29, 1.82) is 0 Å². The lowest BCUT2D eigenvalue weighted by molar-refractivity contribution is 0.242. The quantitative estimate of drug-likeness (QED) is 0.796. The van der Waals surface area contributed by atoms with E-state index in [1.54, 1.807) is 7.11 Å². The van der Waals surface area contributed by atoms with Crippen LogP contribution in [0.25, 0.3) is 0 Å². The molecular weight excluding hydrogens is 324 g/mol. The van der Waals surface area contributed by atoms with Crippen molar-refractivity contribution in [3.8, 4) is 5.75 Å². The van der Waals surface area contributed by atoms with Crippen LogP contribution in [0.5, 0.6) is 5.75 Å². The highest BCUT2D eigenvalue weighted by molar-refractivity contribution is 7.10. The average molecular weight is 346 g/mol. The van der Waals surface area contributed by atoms with E-state index in [-0.39, 0.29) is 18.0 Å². The van der Waals surface area contributed by atoms with Crippen LogP contribution in [-0.4, -0.2) is 36.6 Å². The Hall–Kier alpha value is -2.12. The summed E-state index contributed by atoms with van der Waals surface area (Å²) >= 11 is 1.29. The lowest BCUT2D eigenvalue weighted by Gasteiger charge is -2.33. The highest BCUT2D eigenvalue weighted by Crippen LogP contribution is 2.26. The number of carbonyl (C=O) groups excluding carboxylic acids is 1. The number of urea groups is 1. The van der Waals surface area contributed by atoms with Crippen LogP contribution in [0, 0.1) is 6.92 Å². The number of hydrogen-bond donors (Lipinski definition) is 3. The summed E-state index contributed by atoms with van der Waals surface area (Å²) in [6, 6.07) is 9.83. The largest absolute Gasteiger partial charge is 0.497 e. The highest BCUT2D eigenvalue weighted by Gasteiger charge is 2.27. The third-order valence-corrected chi connectivity index (χ3v) is 5.00. The fourth-order valence-corrected chi connectivity index (χ4v) is 3.63. The molecule has 2 amide bonds. The first-order valence-electron chi connectivity index (χ1n) is 8.01. The molecule has 7 heteroatoms. The number of nitrogens with zero attached hydrogens (tertiary/aromatic N) is 1. The summed E-state index contributed by atoms with van der Waals surface area (Å²) in [5, 5.41) is 10.1. The fraction of sp³-hybridized carbons (Fsp3) is 0.412. The van der Waals surface area contributed by atoms with Gasteiger partial charge in [-0.2, -0.15) is 4.37 Å². The summed E-state index contributed by atoms with van der Waals surface area (Å²) in [4.78, 5) is 12.3. The van der Waals surface area contributed by atoms with Gasteiger partial charge < -0.3 is 15.4 Å². The van der Waals surface area contributed by atoms with Gasteiger partial charge in [-0.25, -0.2) is 4.79 Å². The normalized spacial score (nSPS) is 20.4. The number of piperidine rings is 1. The first-order valence-corrected chi connectivity index (χ1v) is 8.78. The molecule has 128 valence electrons. The van der Waals surface area contributed by atoms with Gasteiger partial charge in [0.2, 0.25) is 0 Å². The van der Waals surface area contributed by atoms with Gasteiger partial charge in [0.25, 0.3) is 0 Å². The van der Waals surface area contributed by atoms with E-state index in [0.717, 1.165) is 36.0 Å². The Morgan fingerprint density at radius 2 is 2.17 bits per heavy atom. The van der Waals surface area contributed by atoms with Crippen LogP contribution >= 0.6 is 11.5 Å². The molecule has 1 aliphatic rings. The number of amides is 2. The maximum absolute atomic E-state index is 12.3. The van der Waals surface area contributed by atoms with E-state index in [1.807, 2.05) is 25.1 Å². The summed E-state index contributed by atoms with van der Waals surface area (Å²) < 4.78 is 9.39. The third kappa shape index (κ3) is 4.04. The smallest absolute Gasteiger partial charge is 0.320 e. The standard InChI is InChI=1S/C17H22N4O2S/c1-11-9-16(24-21-11)20-17(22)19-15-7-8-18-10-14(15)12-3-5-13(23-2)6-4-12/h3-6,9,14-15,18H,7-8,10H2,1-2H3,(H2,19,20,22). The zero-order valence-corrected chi connectivity index (χ0v) is 14.7. The Morgan fingerprint density at radius 1 is 1.38 bits per heavy atom. The molecule has 3 N–H and O–H groups in total. The summed E-state index contributed by atoms with van der Waals surface area (Å²) in [6.45, 7) is 3.65. The Kier molecular flexibility index (Phi) is 5.32. The molecule has 6 nitrogen and oxygen atoms in total. The number of ether oxygens (including phenoxy) is 1. The monoisotopic (exact) mass is 346 g/mol. The van der Waals surface area contributed by atoms with Crippen LogP contribution in [-0.2, 0) is 0 Å². The van der Waals surface area contributed by atoms with Crippen molar-refractivity contribution in [3.63, 3.8) is 0 Å². The van der Waals surface area contributed by atoms with Crippen molar-refractivity contribution in [1.82, 2.24) is 15.0 Å². The van der Waals surface area contributed by atoms with Crippen molar-refractivity contribution < 1.29 is 9.53 Å². The van der Waals surface area contributed by atoms with Gasteiger partial charge in [0.15, 0.2) is 0 Å². The number of benzene rings is 1. The molecular formula is C17H22N4O2S. The van der Waals surface area contributed by atoms with Gasteiger partial charge in [0.05, 0.1) is 12.8 Å². The van der Waals surface area contributed by atoms with Crippen molar-refractivity contribution >= 4 is 22.6 Å². The molecule has 2 unspecified atom stereocenters. The van der Waals surface area contributed by atoms with Gasteiger partial charge >= 0.3 is 6.03 Å². The van der Waals surface area contributed by atoms with Crippen molar-refractivity contribution in [2.24, 2.45) is 0 Å². The number of carbonyl (C=O) groups is 1. The predicted octanol–water partition coefficient (Wildman–Crippen LogP) is 2.73. The highest BCUT2D eigenvalue weighted by atomic mass is 32.1. The van der Waals surface area contributed by atoms with Crippen LogP contribution in [0.3, 0.4) is 0 Å². The van der Waals surface area contributed by atoms with E-state index in [4.69, 9.17) is 4.74 Å². The van der Waals surface area contributed by atoms with E-state index in [1.165, 1.54) is 17.1 Å². The molecule has 0 radical (unpaired) electrons. The second-order valence-corrected chi connectivity index (χ2v) is 6.71. The van der Waals surface area contributed by atoms with Crippen LogP contribution in [0.1, 0.15) is 23.6 Å². The van der Waals surface area contributed by atoms with E-state index in [9.17, 15) is 4.79 Å². The van der Waals surface area contributed by atoms with E-state index in [0.29, 0.717) is 0 Å². The Labute approximate surface area is 145 Å². The lowest BCUT2D eigenvalue weighted by atomic mass is 9.87. The minimum Gasteiger partial charge on any atom is -0.497 e. The lowest BCUT2D eigenvalue weighted by Crippen LogP contribution is -2.49. The number of hydrogen-bond acceptors (Lipinski definition) is 5. The second-order valence-electron chi connectivity index (χ2n) is 5.91. The zero-order chi connectivity index (χ0) is 16.9. The third-order valence-electron chi connectivity index (χ3n) is 4.21. The van der Waals surface area contributed by atoms with Crippen LogP contribution in [0.4, 0.5) is 9.80 Å². The summed E-state index contributed by atoms with van der Waals surface area (Å²) in [5.41, 5.74) is 2.11. The molecule has 1 saturated heterocycles. The molecule has 2 atom stereocenters. The fourth-order valence-electron chi connectivity index (χ4n) is 2.97. The van der Waals surface area contributed by atoms with E-state index in [2.05, 4.69) is 32.5 Å². The molecule has 1 aromatic heterocycles. The van der Waals surface area contributed by atoms with Gasteiger partial charge in [-0.3, -0.25) is 5.32 Å². The molecule has 2 heterocycles. The van der Waals surface area contributed by atoms with Gasteiger partial charge in [0, 0.05) is 18.5 Å². The van der Waals surface area contributed by atoms with E-state index >= 15 is 0 Å². The Morgan fingerprint density at radius 3 is 2.83 bits per heavy atom. The van der Waals surface area contributed by atoms with Crippen molar-refractivity contribution in [2.45, 2.75) is 25.3 Å². The second kappa shape index (κ2) is 7.63. The first kappa shape index (κ1) is 16.7. The number of nitrogens with one attached hydrogen (secondary N) is 3. The van der Waals surface area contributed by atoms with Gasteiger partial charge in [-0.1, -0.05) is 12.1 Å². The average Bonchev–Trinajstić information content (AvgIpc) is 3.00. The number of rotatable bonds is 4. The zero-order valence-electron chi connectivity index (χ0n) is 13.8. The SMILES string of the molecule is COc1ccc(C2CNCCC2NC(=O)Nc2cc(C)ns2)cc1. The summed E-state index contributed by atoms with van der Waals surface area (Å²) in [7, 11) is 1.66. The topological polar surface area (TPSA) is 75.3 Å². The minimum atomic E-state index is -0.177. The number of aromatic nitrogens is 1. The van der Waals surface area contributed by atoms with Gasteiger partial charge in [-0.05, 0) is 55.2 Å². The molecule has 1 aromatic carbocycles. The van der Waals surface area contributed by atoms with Crippen molar-refractivity contribution in [2.75, 3.05) is 25.5 Å². The predicted molar refractivity (Wildman–Crippen MR) is 96.0 cm³/mol. The molecule has 3 rings (SSSR count). The number of aryl methyl sites for hydroxylation is 1. The number of anilines is 1. The molecule has 0 spiro atoms. The Bertz CT molecular complexity index is 686. The van der Waals surface area contributed by atoms with E-state index < -0.39 is 0 Å². The molecule has 0 saturated carbocycles. The maximum Gasteiger partial charge on any atom is 0.320 e. The molecule has 1 fully saturated rings. The van der Waals surface area contributed by atoms with Gasteiger partial charge in [-0.15, -0.1) is 0 Å².